The van der Waals surface area contributed by atoms with Gasteiger partial charge in [-0.05, 0) is 19.3 Å². The van der Waals surface area contributed by atoms with Gasteiger partial charge in [0.15, 0.2) is 0 Å². The number of nitrogens with one attached hydrogen (secondary N) is 2. The smallest absolute Gasteiger partial charge is 0.323 e. The predicted octanol–water partition coefficient (Wildman–Crippen LogP) is 0.420. The van der Waals surface area contributed by atoms with Gasteiger partial charge in [0.1, 0.15) is 5.69 Å². The van der Waals surface area contributed by atoms with Crippen molar-refractivity contribution in [1.82, 2.24) is 14.9 Å². The SMILES string of the molecule is CCC1(C(=O)O)CCCN(C(=O)c2c[nH]c(=O)[nH]2)C1. The minimum Gasteiger partial charge on any atom is -0.481 e. The zero-order valence-electron chi connectivity index (χ0n) is 10.7. The van der Waals surface area contributed by atoms with Crippen LogP contribution in [0, 0.1) is 5.41 Å². The summed E-state index contributed by atoms with van der Waals surface area (Å²) in [5.74, 6) is -1.20. The first kappa shape index (κ1) is 13.4. The molecule has 1 atom stereocenters. The highest BCUT2D eigenvalue weighted by atomic mass is 16.4. The molecule has 104 valence electrons. The van der Waals surface area contributed by atoms with Crippen LogP contribution in [0.15, 0.2) is 11.0 Å². The van der Waals surface area contributed by atoms with Crippen molar-refractivity contribution in [2.75, 3.05) is 13.1 Å². The molecule has 0 aliphatic carbocycles. The maximum atomic E-state index is 12.2. The molecule has 1 aromatic rings. The average Bonchev–Trinajstić information content (AvgIpc) is 2.84. The Labute approximate surface area is 109 Å². The van der Waals surface area contributed by atoms with Crippen LogP contribution in [0.5, 0.6) is 0 Å². The third-order valence-corrected chi connectivity index (χ3v) is 3.82. The number of carbonyl (C=O) groups excluding carboxylic acids is 1. The van der Waals surface area contributed by atoms with Crippen LogP contribution in [0.25, 0.3) is 0 Å². The molecule has 1 amide bonds. The van der Waals surface area contributed by atoms with Crippen molar-refractivity contribution < 1.29 is 14.7 Å². The van der Waals surface area contributed by atoms with Crippen molar-refractivity contribution in [3.05, 3.63) is 22.4 Å². The number of hydrogen-bond donors (Lipinski definition) is 3. The van der Waals surface area contributed by atoms with Crippen LogP contribution in [0.1, 0.15) is 36.7 Å². The number of rotatable bonds is 3. The summed E-state index contributed by atoms with van der Waals surface area (Å²) in [6, 6.07) is 0. The maximum Gasteiger partial charge on any atom is 0.323 e. The molecule has 1 fully saturated rings. The first-order valence-electron chi connectivity index (χ1n) is 6.29. The average molecular weight is 267 g/mol. The van der Waals surface area contributed by atoms with Crippen molar-refractivity contribution in [3.8, 4) is 0 Å². The number of carboxylic acids is 1. The van der Waals surface area contributed by atoms with E-state index < -0.39 is 17.1 Å². The number of likely N-dealkylation sites (tertiary alicyclic amines) is 1. The fourth-order valence-electron chi connectivity index (χ4n) is 2.54. The molecule has 1 aliphatic rings. The Bertz CT molecular complexity index is 547. The van der Waals surface area contributed by atoms with Crippen molar-refractivity contribution in [2.24, 2.45) is 5.41 Å². The summed E-state index contributed by atoms with van der Waals surface area (Å²) in [7, 11) is 0. The summed E-state index contributed by atoms with van der Waals surface area (Å²) in [6.07, 6.45) is 3.02. The molecule has 1 saturated heterocycles. The minimum atomic E-state index is -0.871. The summed E-state index contributed by atoms with van der Waals surface area (Å²) in [5, 5.41) is 9.36. The van der Waals surface area contributed by atoms with Gasteiger partial charge in [0.25, 0.3) is 5.91 Å². The van der Waals surface area contributed by atoms with E-state index in [1.807, 2.05) is 6.92 Å². The zero-order valence-corrected chi connectivity index (χ0v) is 10.7. The molecule has 2 rings (SSSR count). The number of piperidine rings is 1. The third-order valence-electron chi connectivity index (χ3n) is 3.82. The molecule has 1 aliphatic heterocycles. The number of aromatic amines is 2. The normalized spacial score (nSPS) is 23.3. The Morgan fingerprint density at radius 2 is 2.26 bits per heavy atom. The van der Waals surface area contributed by atoms with E-state index >= 15 is 0 Å². The second-order valence-electron chi connectivity index (χ2n) is 4.93. The monoisotopic (exact) mass is 267 g/mol. The molecule has 1 aromatic heterocycles. The number of amides is 1. The molecule has 0 radical (unpaired) electrons. The van der Waals surface area contributed by atoms with E-state index in [0.29, 0.717) is 25.8 Å². The number of hydrogen-bond acceptors (Lipinski definition) is 3. The van der Waals surface area contributed by atoms with Gasteiger partial charge in [0.05, 0.1) is 5.41 Å². The second-order valence-corrected chi connectivity index (χ2v) is 4.93. The van der Waals surface area contributed by atoms with E-state index in [1.165, 1.54) is 11.1 Å². The van der Waals surface area contributed by atoms with E-state index in [1.54, 1.807) is 0 Å². The standard InChI is InChI=1S/C12H17N3O4/c1-2-12(10(17)18)4-3-5-15(7-12)9(16)8-6-13-11(19)14-8/h6H,2-5,7H2,1H3,(H,17,18)(H2,13,14,19). The van der Waals surface area contributed by atoms with E-state index in [4.69, 9.17) is 0 Å². The van der Waals surface area contributed by atoms with Gasteiger partial charge in [-0.2, -0.15) is 0 Å². The van der Waals surface area contributed by atoms with Crippen LogP contribution in [-0.2, 0) is 4.79 Å². The highest BCUT2D eigenvalue weighted by Gasteiger charge is 2.42. The van der Waals surface area contributed by atoms with Crippen molar-refractivity contribution in [3.63, 3.8) is 0 Å². The minimum absolute atomic E-state index is 0.169. The van der Waals surface area contributed by atoms with Gasteiger partial charge >= 0.3 is 11.7 Å². The third kappa shape index (κ3) is 2.40. The maximum absolute atomic E-state index is 12.2. The number of aromatic nitrogens is 2. The van der Waals surface area contributed by atoms with Gasteiger partial charge in [-0.25, -0.2) is 4.79 Å². The second kappa shape index (κ2) is 4.91. The van der Waals surface area contributed by atoms with Crippen LogP contribution in [0.4, 0.5) is 0 Å². The fraction of sp³-hybridized carbons (Fsp3) is 0.583. The molecular weight excluding hydrogens is 250 g/mol. The molecule has 19 heavy (non-hydrogen) atoms. The Kier molecular flexibility index (Phi) is 3.46. The van der Waals surface area contributed by atoms with Crippen LogP contribution in [-0.4, -0.2) is 44.9 Å². The van der Waals surface area contributed by atoms with Crippen LogP contribution in [0.2, 0.25) is 0 Å². The Morgan fingerprint density at radius 3 is 2.79 bits per heavy atom. The first-order valence-corrected chi connectivity index (χ1v) is 6.29. The van der Waals surface area contributed by atoms with Gasteiger partial charge in [0, 0.05) is 19.3 Å². The lowest BCUT2D eigenvalue weighted by Gasteiger charge is -2.39. The van der Waals surface area contributed by atoms with Crippen LogP contribution >= 0.6 is 0 Å². The molecule has 7 nitrogen and oxygen atoms in total. The van der Waals surface area contributed by atoms with E-state index in [9.17, 15) is 19.5 Å². The summed E-state index contributed by atoms with van der Waals surface area (Å²) < 4.78 is 0. The predicted molar refractivity (Wildman–Crippen MR) is 66.9 cm³/mol. The van der Waals surface area contributed by atoms with Crippen molar-refractivity contribution >= 4 is 11.9 Å². The number of carbonyl (C=O) groups is 2. The van der Waals surface area contributed by atoms with Gasteiger partial charge in [-0.1, -0.05) is 6.92 Å². The number of H-pyrrole nitrogens is 2. The first-order chi connectivity index (χ1) is 8.98. The van der Waals surface area contributed by atoms with E-state index in [-0.39, 0.29) is 18.1 Å². The molecule has 1 unspecified atom stereocenters. The zero-order chi connectivity index (χ0) is 14.0. The molecule has 0 bridgehead atoms. The molecule has 7 heteroatoms. The fourth-order valence-corrected chi connectivity index (χ4v) is 2.54. The topological polar surface area (TPSA) is 106 Å². The van der Waals surface area contributed by atoms with Crippen LogP contribution in [0.3, 0.4) is 0 Å². The van der Waals surface area contributed by atoms with Gasteiger partial charge < -0.3 is 20.0 Å². The molecule has 3 N–H and O–H groups in total. The number of nitrogens with zero attached hydrogens (tertiary/aromatic N) is 1. The van der Waals surface area contributed by atoms with Crippen molar-refractivity contribution in [1.29, 1.82) is 0 Å². The number of aliphatic carboxylic acids is 1. The van der Waals surface area contributed by atoms with Crippen molar-refractivity contribution in [2.45, 2.75) is 26.2 Å². The largest absolute Gasteiger partial charge is 0.481 e. The summed E-state index contributed by atoms with van der Waals surface area (Å²) in [4.78, 5) is 40.9. The summed E-state index contributed by atoms with van der Waals surface area (Å²) in [6.45, 7) is 2.52. The Morgan fingerprint density at radius 1 is 1.53 bits per heavy atom. The molecular formula is C12H17N3O4. The molecule has 0 aromatic carbocycles. The number of carboxylic acid groups (broad SMARTS) is 1. The number of imidazole rings is 1. The molecule has 2 heterocycles. The lowest BCUT2D eigenvalue weighted by atomic mass is 9.77. The van der Waals surface area contributed by atoms with E-state index in [0.717, 1.165) is 0 Å². The molecule has 0 saturated carbocycles. The van der Waals surface area contributed by atoms with Gasteiger partial charge in [-0.3, -0.25) is 9.59 Å². The highest BCUT2D eigenvalue weighted by molar-refractivity contribution is 5.92. The lowest BCUT2D eigenvalue weighted by molar-refractivity contribution is -0.152. The van der Waals surface area contributed by atoms with Crippen LogP contribution < -0.4 is 5.69 Å². The quantitative estimate of drug-likeness (QED) is 0.737. The van der Waals surface area contributed by atoms with Gasteiger partial charge in [-0.15, -0.1) is 0 Å². The van der Waals surface area contributed by atoms with Gasteiger partial charge in [0.2, 0.25) is 0 Å². The Hall–Kier alpha value is -2.05. The summed E-state index contributed by atoms with van der Waals surface area (Å²) >= 11 is 0. The Balaban J connectivity index is 2.19. The molecule has 0 spiro atoms. The highest BCUT2D eigenvalue weighted by Crippen LogP contribution is 2.34. The van der Waals surface area contributed by atoms with E-state index in [2.05, 4.69) is 9.97 Å². The lowest BCUT2D eigenvalue weighted by Crippen LogP contribution is -2.49. The summed E-state index contributed by atoms with van der Waals surface area (Å²) in [5.41, 5.74) is -1.15.